The summed E-state index contributed by atoms with van der Waals surface area (Å²) in [5.41, 5.74) is 1.71. The molecule has 0 aliphatic heterocycles. The zero-order valence-corrected chi connectivity index (χ0v) is 19.5. The van der Waals surface area contributed by atoms with E-state index in [2.05, 4.69) is 19.2 Å². The summed E-state index contributed by atoms with van der Waals surface area (Å²) in [6, 6.07) is 13.8. The second-order valence-electron chi connectivity index (χ2n) is 7.53. The van der Waals surface area contributed by atoms with Gasteiger partial charge >= 0.3 is 0 Å². The molecular weight excluding hydrogens is 420 g/mol. The highest BCUT2D eigenvalue weighted by Crippen LogP contribution is 2.24. The Kier molecular flexibility index (Phi) is 9.18. The third kappa shape index (κ3) is 7.03. The van der Waals surface area contributed by atoms with E-state index >= 15 is 0 Å². The van der Waals surface area contributed by atoms with E-state index in [-0.39, 0.29) is 12.5 Å². The third-order valence-corrected chi connectivity index (χ3v) is 6.69. The number of carbonyl (C=O) groups is 1. The number of carbonyl (C=O) groups excluding carboxylic acids is 1. The SMILES string of the molecule is CCCCC(CC)CNC(=O)c1ccc(N(Cc2ccccc2Cl)S(C)(=O)=O)cc1. The van der Waals surface area contributed by atoms with E-state index in [1.807, 2.05) is 6.07 Å². The van der Waals surface area contributed by atoms with Crippen molar-refractivity contribution in [3.05, 3.63) is 64.7 Å². The molecule has 1 unspecified atom stereocenters. The Labute approximate surface area is 185 Å². The summed E-state index contributed by atoms with van der Waals surface area (Å²) >= 11 is 6.20. The molecular formula is C23H31ClN2O3S. The van der Waals surface area contributed by atoms with Crippen LogP contribution in [-0.4, -0.2) is 27.1 Å². The molecule has 2 aromatic rings. The molecule has 1 amide bonds. The van der Waals surface area contributed by atoms with Crippen molar-refractivity contribution in [1.29, 1.82) is 0 Å². The van der Waals surface area contributed by atoms with Crippen molar-refractivity contribution in [3.8, 4) is 0 Å². The van der Waals surface area contributed by atoms with Crippen molar-refractivity contribution in [2.24, 2.45) is 5.92 Å². The van der Waals surface area contributed by atoms with Crippen molar-refractivity contribution < 1.29 is 13.2 Å². The van der Waals surface area contributed by atoms with Gasteiger partial charge in [0.1, 0.15) is 0 Å². The normalized spacial score (nSPS) is 12.4. The summed E-state index contributed by atoms with van der Waals surface area (Å²) < 4.78 is 26.0. The molecule has 0 fully saturated rings. The number of unbranched alkanes of at least 4 members (excludes halogenated alkanes) is 1. The van der Waals surface area contributed by atoms with Crippen LogP contribution in [0.4, 0.5) is 5.69 Å². The Morgan fingerprint density at radius 2 is 1.77 bits per heavy atom. The third-order valence-electron chi connectivity index (χ3n) is 5.18. The van der Waals surface area contributed by atoms with Gasteiger partial charge in [-0.25, -0.2) is 8.42 Å². The highest BCUT2D eigenvalue weighted by Gasteiger charge is 2.19. The summed E-state index contributed by atoms with van der Waals surface area (Å²) in [6.07, 6.45) is 5.61. The van der Waals surface area contributed by atoms with Crippen LogP contribution in [0.15, 0.2) is 48.5 Å². The molecule has 0 saturated heterocycles. The molecule has 0 aliphatic carbocycles. The zero-order chi connectivity index (χ0) is 22.1. The quantitative estimate of drug-likeness (QED) is 0.508. The predicted octanol–water partition coefficient (Wildman–Crippen LogP) is 5.25. The van der Waals surface area contributed by atoms with Gasteiger partial charge in [-0.2, -0.15) is 0 Å². The van der Waals surface area contributed by atoms with Gasteiger partial charge < -0.3 is 5.32 Å². The molecule has 164 valence electrons. The molecule has 0 aliphatic rings. The number of amides is 1. The molecule has 0 spiro atoms. The number of hydrogen-bond donors (Lipinski definition) is 1. The van der Waals surface area contributed by atoms with Crippen molar-refractivity contribution in [2.75, 3.05) is 17.1 Å². The van der Waals surface area contributed by atoms with Crippen LogP contribution in [0.1, 0.15) is 55.5 Å². The largest absolute Gasteiger partial charge is 0.352 e. The van der Waals surface area contributed by atoms with Crippen LogP contribution < -0.4 is 9.62 Å². The summed E-state index contributed by atoms with van der Waals surface area (Å²) in [4.78, 5) is 12.5. The van der Waals surface area contributed by atoms with Crippen LogP contribution in [0.3, 0.4) is 0 Å². The van der Waals surface area contributed by atoms with Gasteiger partial charge in [0.05, 0.1) is 18.5 Å². The highest BCUT2D eigenvalue weighted by molar-refractivity contribution is 7.92. The number of hydrogen-bond acceptors (Lipinski definition) is 3. The van der Waals surface area contributed by atoms with E-state index in [9.17, 15) is 13.2 Å². The maximum absolute atomic E-state index is 12.5. The first-order valence-corrected chi connectivity index (χ1v) is 12.6. The van der Waals surface area contributed by atoms with Gasteiger partial charge in [-0.15, -0.1) is 0 Å². The van der Waals surface area contributed by atoms with E-state index in [4.69, 9.17) is 11.6 Å². The lowest BCUT2D eigenvalue weighted by Crippen LogP contribution is -2.30. The van der Waals surface area contributed by atoms with Gasteiger partial charge in [0.25, 0.3) is 5.91 Å². The average molecular weight is 451 g/mol. The van der Waals surface area contributed by atoms with Crippen LogP contribution in [0.2, 0.25) is 5.02 Å². The lowest BCUT2D eigenvalue weighted by Gasteiger charge is -2.23. The molecule has 7 heteroatoms. The highest BCUT2D eigenvalue weighted by atomic mass is 35.5. The molecule has 0 radical (unpaired) electrons. The minimum Gasteiger partial charge on any atom is -0.352 e. The Morgan fingerprint density at radius 1 is 1.10 bits per heavy atom. The molecule has 2 rings (SSSR count). The average Bonchev–Trinajstić information content (AvgIpc) is 2.72. The van der Waals surface area contributed by atoms with Crippen molar-refractivity contribution in [3.63, 3.8) is 0 Å². The lowest BCUT2D eigenvalue weighted by atomic mass is 9.99. The van der Waals surface area contributed by atoms with Gasteiger partial charge in [0, 0.05) is 17.1 Å². The fourth-order valence-corrected chi connectivity index (χ4v) is 4.32. The van der Waals surface area contributed by atoms with Gasteiger partial charge in [0.15, 0.2) is 0 Å². The number of nitrogens with one attached hydrogen (secondary N) is 1. The maximum atomic E-state index is 12.5. The topological polar surface area (TPSA) is 66.5 Å². The van der Waals surface area contributed by atoms with E-state index in [0.29, 0.717) is 34.3 Å². The van der Waals surface area contributed by atoms with Crippen molar-refractivity contribution >= 4 is 33.2 Å². The van der Waals surface area contributed by atoms with Crippen molar-refractivity contribution in [1.82, 2.24) is 5.32 Å². The second-order valence-corrected chi connectivity index (χ2v) is 9.85. The summed E-state index contributed by atoms with van der Waals surface area (Å²) in [7, 11) is -3.53. The Hall–Kier alpha value is -2.05. The molecule has 1 N–H and O–H groups in total. The first-order chi connectivity index (χ1) is 14.3. The predicted molar refractivity (Wildman–Crippen MR) is 125 cm³/mol. The van der Waals surface area contributed by atoms with Crippen LogP contribution in [-0.2, 0) is 16.6 Å². The lowest BCUT2D eigenvalue weighted by molar-refractivity contribution is 0.0946. The van der Waals surface area contributed by atoms with E-state index in [0.717, 1.165) is 31.9 Å². The fraction of sp³-hybridized carbons (Fsp3) is 0.435. The van der Waals surface area contributed by atoms with Gasteiger partial charge in [-0.05, 0) is 48.2 Å². The maximum Gasteiger partial charge on any atom is 0.251 e. The molecule has 2 aromatic carbocycles. The second kappa shape index (κ2) is 11.4. The van der Waals surface area contributed by atoms with Gasteiger partial charge in [-0.3, -0.25) is 9.10 Å². The number of benzene rings is 2. The molecule has 30 heavy (non-hydrogen) atoms. The Balaban J connectivity index is 2.11. The standard InChI is InChI=1S/C23H31ClN2O3S/c1-4-6-9-18(5-2)16-25-23(27)19-12-14-21(15-13-19)26(30(3,28)29)17-20-10-7-8-11-22(20)24/h7-8,10-15,18H,4-6,9,16-17H2,1-3H3,(H,25,27). The number of sulfonamides is 1. The molecule has 0 bridgehead atoms. The summed E-state index contributed by atoms with van der Waals surface area (Å²) in [6.45, 7) is 5.08. The summed E-state index contributed by atoms with van der Waals surface area (Å²) in [5, 5.41) is 3.51. The number of nitrogens with zero attached hydrogens (tertiary/aromatic N) is 1. The van der Waals surface area contributed by atoms with Gasteiger partial charge in [-0.1, -0.05) is 62.9 Å². The van der Waals surface area contributed by atoms with Crippen molar-refractivity contribution in [2.45, 2.75) is 46.1 Å². The molecule has 5 nitrogen and oxygen atoms in total. The minimum atomic E-state index is -3.53. The number of rotatable bonds is 11. The van der Waals surface area contributed by atoms with Crippen LogP contribution in [0.5, 0.6) is 0 Å². The fourth-order valence-electron chi connectivity index (χ4n) is 3.24. The van der Waals surface area contributed by atoms with E-state index in [1.54, 1.807) is 42.5 Å². The van der Waals surface area contributed by atoms with E-state index < -0.39 is 10.0 Å². The first kappa shape index (κ1) is 24.2. The van der Waals surface area contributed by atoms with Crippen LogP contribution in [0, 0.1) is 5.92 Å². The number of halogens is 1. The zero-order valence-electron chi connectivity index (χ0n) is 17.9. The molecule has 0 aromatic heterocycles. The smallest absolute Gasteiger partial charge is 0.251 e. The minimum absolute atomic E-state index is 0.125. The first-order valence-electron chi connectivity index (χ1n) is 10.4. The summed E-state index contributed by atoms with van der Waals surface area (Å²) in [5.74, 6) is 0.332. The molecule has 0 heterocycles. The molecule has 1 atom stereocenters. The van der Waals surface area contributed by atoms with Crippen LogP contribution in [0.25, 0.3) is 0 Å². The Morgan fingerprint density at radius 3 is 2.33 bits per heavy atom. The Bertz CT molecular complexity index is 930. The van der Waals surface area contributed by atoms with E-state index in [1.165, 1.54) is 4.31 Å². The monoisotopic (exact) mass is 450 g/mol. The van der Waals surface area contributed by atoms with Gasteiger partial charge in [0.2, 0.25) is 10.0 Å². The van der Waals surface area contributed by atoms with Crippen LogP contribution >= 0.6 is 11.6 Å². The number of anilines is 1. The molecule has 0 saturated carbocycles.